The van der Waals surface area contributed by atoms with Gasteiger partial charge in [-0.15, -0.1) is 0 Å². The maximum absolute atomic E-state index is 12.6. The summed E-state index contributed by atoms with van der Waals surface area (Å²) < 4.78 is 4.35. The lowest BCUT2D eigenvalue weighted by atomic mass is 9.77. The van der Waals surface area contributed by atoms with E-state index in [9.17, 15) is 19.8 Å². The van der Waals surface area contributed by atoms with E-state index in [2.05, 4.69) is 26.9 Å². The van der Waals surface area contributed by atoms with Gasteiger partial charge in [0.05, 0.1) is 34.6 Å². The van der Waals surface area contributed by atoms with Gasteiger partial charge >= 0.3 is 0 Å². The Bertz CT molecular complexity index is 1080. The molecule has 5 atom stereocenters. The van der Waals surface area contributed by atoms with Gasteiger partial charge in [-0.2, -0.15) is 4.40 Å². The van der Waals surface area contributed by atoms with Gasteiger partial charge < -0.3 is 25.2 Å². The van der Waals surface area contributed by atoms with Crippen molar-refractivity contribution < 1.29 is 24.4 Å². The standard InChI is InChI=1S/C20H24N4O4S2/c1-9-13(16(20(27)28)24-15(9)14(10(2)25)17(24)26)12-7-22-8-23(11-4-5-21-6-11)19(29-3)18(22)30-12/h7-11,14-15,21,25H,4-6H2,1-3H3/t9-,10+,11?,14+,15+/m0/s1. The third-order valence-corrected chi connectivity index (χ3v) is 8.68. The molecule has 2 fully saturated rings. The summed E-state index contributed by atoms with van der Waals surface area (Å²) >= 11 is 3.23. The zero-order valence-electron chi connectivity index (χ0n) is 17.0. The number of aliphatic hydroxyl groups is 1. The minimum Gasteiger partial charge on any atom is -0.543 e. The van der Waals surface area contributed by atoms with Crippen molar-refractivity contribution in [1.82, 2.24) is 14.6 Å². The lowest BCUT2D eigenvalue weighted by Gasteiger charge is -2.47. The van der Waals surface area contributed by atoms with Crippen LogP contribution in [-0.4, -0.2) is 57.8 Å². The summed E-state index contributed by atoms with van der Waals surface area (Å²) in [5.41, 5.74) is 0.587. The number of rotatable bonds is 5. The quantitative estimate of drug-likeness (QED) is 0.375. The minimum absolute atomic E-state index is 0.0440. The first-order valence-electron chi connectivity index (χ1n) is 10.1. The largest absolute Gasteiger partial charge is 0.543 e. The van der Waals surface area contributed by atoms with E-state index in [0.717, 1.165) is 34.2 Å². The molecule has 1 unspecified atom stereocenters. The summed E-state index contributed by atoms with van der Waals surface area (Å²) in [7, 11) is 0. The van der Waals surface area contributed by atoms with Crippen LogP contribution in [0.4, 0.5) is 0 Å². The number of hydrogen-bond donors (Lipinski definition) is 2. The molecule has 2 saturated heterocycles. The second-order valence-corrected chi connectivity index (χ2v) is 10.1. The van der Waals surface area contributed by atoms with Crippen molar-refractivity contribution in [2.75, 3.05) is 19.3 Å². The Morgan fingerprint density at radius 2 is 2.27 bits per heavy atom. The minimum atomic E-state index is -1.34. The first-order chi connectivity index (χ1) is 14.3. The molecule has 8 nitrogen and oxygen atoms in total. The average molecular weight is 449 g/mol. The van der Waals surface area contributed by atoms with E-state index in [-0.39, 0.29) is 23.6 Å². The Hall–Kier alpha value is -1.88. The Morgan fingerprint density at radius 1 is 1.50 bits per heavy atom. The molecular weight excluding hydrogens is 424 g/mol. The molecule has 30 heavy (non-hydrogen) atoms. The molecule has 3 aliphatic rings. The molecule has 2 aromatic rings. The maximum Gasteiger partial charge on any atom is 0.250 e. The maximum atomic E-state index is 12.6. The number of fused-ring (bicyclic) bond motifs is 2. The molecular formula is C20H24N4O4S2. The highest BCUT2D eigenvalue weighted by Crippen LogP contribution is 2.51. The van der Waals surface area contributed by atoms with E-state index in [1.165, 1.54) is 4.90 Å². The number of hydrogen-bond acceptors (Lipinski definition) is 7. The van der Waals surface area contributed by atoms with E-state index in [4.69, 9.17) is 0 Å². The summed E-state index contributed by atoms with van der Waals surface area (Å²) in [4.78, 5) is 27.8. The van der Waals surface area contributed by atoms with Crippen LogP contribution in [-0.2, 0) is 9.59 Å². The van der Waals surface area contributed by atoms with Crippen LogP contribution < -0.4 is 15.0 Å². The number of thiazole rings is 1. The molecule has 0 spiro atoms. The summed E-state index contributed by atoms with van der Waals surface area (Å²) in [6, 6.07) is 0.0779. The van der Waals surface area contributed by atoms with E-state index in [1.807, 2.05) is 13.1 Å². The number of aromatic nitrogens is 2. The smallest absolute Gasteiger partial charge is 0.250 e. The van der Waals surface area contributed by atoms with Gasteiger partial charge in [-0.05, 0) is 19.7 Å². The van der Waals surface area contributed by atoms with Crippen molar-refractivity contribution in [2.24, 2.45) is 11.8 Å². The zero-order chi connectivity index (χ0) is 21.3. The molecule has 5 rings (SSSR count). The summed E-state index contributed by atoms with van der Waals surface area (Å²) in [6.07, 6.45) is 6.36. The number of nitrogens with zero attached hydrogens (tertiary/aromatic N) is 3. The van der Waals surface area contributed by atoms with Crippen LogP contribution >= 0.6 is 23.1 Å². The number of thioether (sulfide) groups is 1. The fourth-order valence-electron chi connectivity index (χ4n) is 5.24. The molecule has 0 saturated carbocycles. The number of aliphatic hydroxyl groups excluding tert-OH is 1. The molecule has 10 heteroatoms. The second kappa shape index (κ2) is 7.08. The number of carbonyl (C=O) groups is 2. The van der Waals surface area contributed by atoms with Gasteiger partial charge in [0, 0.05) is 24.5 Å². The van der Waals surface area contributed by atoms with Crippen LogP contribution in [0.25, 0.3) is 10.4 Å². The number of carboxylic acid groups (broad SMARTS) is 1. The lowest BCUT2D eigenvalue weighted by Crippen LogP contribution is -2.64. The third-order valence-electron chi connectivity index (χ3n) is 6.62. The highest BCUT2D eigenvalue weighted by molar-refractivity contribution is 7.98. The van der Waals surface area contributed by atoms with Crippen molar-refractivity contribution in [1.29, 1.82) is 0 Å². The first-order valence-corrected chi connectivity index (χ1v) is 12.2. The number of carbonyl (C=O) groups excluding carboxylic acids is 2. The molecule has 0 radical (unpaired) electrons. The lowest BCUT2D eigenvalue weighted by molar-refractivity contribution is -0.750. The van der Waals surface area contributed by atoms with E-state index in [0.29, 0.717) is 11.6 Å². The number of β-lactam (4-membered cyclic amide) rings is 1. The van der Waals surface area contributed by atoms with E-state index >= 15 is 0 Å². The van der Waals surface area contributed by atoms with Crippen molar-refractivity contribution in [3.63, 3.8) is 0 Å². The summed E-state index contributed by atoms with van der Waals surface area (Å²) in [5.74, 6) is -2.44. The predicted molar refractivity (Wildman–Crippen MR) is 111 cm³/mol. The topological polar surface area (TPSA) is 101 Å². The van der Waals surface area contributed by atoms with Gasteiger partial charge in [0.1, 0.15) is 12.2 Å². The van der Waals surface area contributed by atoms with Crippen LogP contribution in [0.1, 0.15) is 31.2 Å². The zero-order valence-corrected chi connectivity index (χ0v) is 18.6. The van der Waals surface area contributed by atoms with Crippen molar-refractivity contribution in [2.45, 2.75) is 43.5 Å². The number of carboxylic acids is 1. The van der Waals surface area contributed by atoms with Crippen LogP contribution in [0.2, 0.25) is 0 Å². The molecule has 5 heterocycles. The highest BCUT2D eigenvalue weighted by Gasteiger charge is 2.59. The van der Waals surface area contributed by atoms with E-state index in [1.54, 1.807) is 30.0 Å². The normalized spacial score (nSPS) is 29.6. The van der Waals surface area contributed by atoms with Crippen LogP contribution in [0.15, 0.2) is 23.2 Å². The molecule has 0 aliphatic carbocycles. The molecule has 0 aromatic carbocycles. The van der Waals surface area contributed by atoms with Gasteiger partial charge in [-0.1, -0.05) is 30.0 Å². The molecule has 3 aliphatic heterocycles. The first kappa shape index (κ1) is 20.0. The number of nitrogens with one attached hydrogen (secondary N) is 1. The van der Waals surface area contributed by atoms with Gasteiger partial charge in [-0.25, -0.2) is 4.57 Å². The number of aliphatic carboxylic acids is 1. The molecule has 160 valence electrons. The monoisotopic (exact) mass is 448 g/mol. The van der Waals surface area contributed by atoms with Crippen molar-refractivity contribution >= 4 is 45.4 Å². The van der Waals surface area contributed by atoms with Crippen LogP contribution in [0, 0.1) is 11.8 Å². The molecule has 2 aromatic heterocycles. The molecule has 2 N–H and O–H groups in total. The fraction of sp³-hybridized carbons (Fsp3) is 0.550. The van der Waals surface area contributed by atoms with Crippen molar-refractivity contribution in [3.05, 3.63) is 23.1 Å². The molecule has 0 bridgehead atoms. The SMILES string of the molecule is CSc1c2sc(C3=C(C(=O)[O-])N4C(=O)[C@H]([C@@H](C)O)[C@H]4[C@H]3C)cn2c[n+]1C1CCNC1. The summed E-state index contributed by atoms with van der Waals surface area (Å²) in [6.45, 7) is 5.47. The van der Waals surface area contributed by atoms with Gasteiger partial charge in [0.15, 0.2) is 0 Å². The summed E-state index contributed by atoms with van der Waals surface area (Å²) in [5, 5.41) is 26.6. The Kier molecular flexibility index (Phi) is 4.73. The predicted octanol–water partition coefficient (Wildman–Crippen LogP) is -0.137. The van der Waals surface area contributed by atoms with Crippen LogP contribution in [0.5, 0.6) is 0 Å². The Morgan fingerprint density at radius 3 is 2.87 bits per heavy atom. The van der Waals surface area contributed by atoms with Gasteiger partial charge in [-0.3, -0.25) is 4.79 Å². The number of imidazole rings is 1. The van der Waals surface area contributed by atoms with Gasteiger partial charge in [0.25, 0.3) is 6.33 Å². The number of amides is 1. The second-order valence-electron chi connectivity index (χ2n) is 8.29. The average Bonchev–Trinajstić information content (AvgIpc) is 3.42. The Balaban J connectivity index is 1.60. The molecule has 1 amide bonds. The highest BCUT2D eigenvalue weighted by atomic mass is 32.2. The van der Waals surface area contributed by atoms with E-state index < -0.39 is 18.0 Å². The third kappa shape index (κ3) is 2.63. The fourth-order valence-corrected chi connectivity index (χ4v) is 7.47. The van der Waals surface area contributed by atoms with Crippen LogP contribution in [0.3, 0.4) is 0 Å². The van der Waals surface area contributed by atoms with Crippen molar-refractivity contribution in [3.8, 4) is 0 Å². The Labute approximate surface area is 182 Å². The van der Waals surface area contributed by atoms with Gasteiger partial charge in [0.2, 0.25) is 15.8 Å².